The molecule has 0 bridgehead atoms. The van der Waals surface area contributed by atoms with Crippen LogP contribution in [0.15, 0.2) is 18.2 Å². The summed E-state index contributed by atoms with van der Waals surface area (Å²) in [4.78, 5) is 13.5. The van der Waals surface area contributed by atoms with E-state index in [0.29, 0.717) is 22.2 Å². The number of nitrogens with zero attached hydrogens (tertiary/aromatic N) is 2. The molecule has 1 aromatic rings. The molecule has 0 heterocycles. The molecule has 6 heteroatoms. The second kappa shape index (κ2) is 7.34. The summed E-state index contributed by atoms with van der Waals surface area (Å²) in [6.07, 6.45) is -1.10. The average Bonchev–Trinajstić information content (AvgIpc) is 2.37. The zero-order valence-electron chi connectivity index (χ0n) is 10.4. The van der Waals surface area contributed by atoms with Gasteiger partial charge in [-0.3, -0.25) is 4.79 Å². The Hall–Kier alpha value is -1.28. The molecule has 0 radical (unpaired) electrons. The van der Waals surface area contributed by atoms with Gasteiger partial charge in [-0.15, -0.1) is 0 Å². The first-order chi connectivity index (χ1) is 8.99. The minimum absolute atomic E-state index is 0.225. The normalized spacial score (nSPS) is 11.7. The molecule has 102 valence electrons. The van der Waals surface area contributed by atoms with Crippen molar-refractivity contribution in [1.29, 1.82) is 5.26 Å². The first-order valence-electron chi connectivity index (χ1n) is 5.79. The van der Waals surface area contributed by atoms with Crippen LogP contribution in [0.4, 0.5) is 0 Å². The van der Waals surface area contributed by atoms with Crippen LogP contribution in [0.2, 0.25) is 10.0 Å². The number of likely N-dealkylation sites (N-methyl/N-ethyl adjacent to an activating group) is 1. The molecule has 0 spiro atoms. The molecule has 19 heavy (non-hydrogen) atoms. The topological polar surface area (TPSA) is 64.3 Å². The highest BCUT2D eigenvalue weighted by Crippen LogP contribution is 2.24. The Labute approximate surface area is 122 Å². The van der Waals surface area contributed by atoms with E-state index in [1.54, 1.807) is 6.92 Å². The maximum Gasteiger partial charge on any atom is 0.256 e. The van der Waals surface area contributed by atoms with Crippen LogP contribution in [0.3, 0.4) is 0 Å². The van der Waals surface area contributed by atoms with E-state index in [4.69, 9.17) is 28.5 Å². The van der Waals surface area contributed by atoms with Gasteiger partial charge < -0.3 is 10.0 Å². The summed E-state index contributed by atoms with van der Waals surface area (Å²) < 4.78 is 0. The molecule has 0 saturated carbocycles. The van der Waals surface area contributed by atoms with Crippen LogP contribution in [0.25, 0.3) is 0 Å². The van der Waals surface area contributed by atoms with Crippen LogP contribution >= 0.6 is 23.2 Å². The summed E-state index contributed by atoms with van der Waals surface area (Å²) in [5.74, 6) is -0.462. The van der Waals surface area contributed by atoms with Gasteiger partial charge in [0.15, 0.2) is 6.10 Å². The van der Waals surface area contributed by atoms with E-state index >= 15 is 0 Å². The molecule has 1 unspecified atom stereocenters. The predicted molar refractivity (Wildman–Crippen MR) is 73.9 cm³/mol. The lowest BCUT2D eigenvalue weighted by Crippen LogP contribution is -2.35. The number of carbonyl (C=O) groups is 1. The highest BCUT2D eigenvalue weighted by molar-refractivity contribution is 6.34. The fourth-order valence-corrected chi connectivity index (χ4v) is 2.20. The number of halogens is 2. The SMILES string of the molecule is CCN(CCC#N)C(=O)C(O)c1cc(Cl)cc(Cl)c1. The molecule has 1 aromatic carbocycles. The molecule has 0 aliphatic heterocycles. The molecule has 1 N–H and O–H groups in total. The molecule has 0 aliphatic carbocycles. The molecule has 0 aliphatic rings. The van der Waals surface area contributed by atoms with Gasteiger partial charge in [0.2, 0.25) is 0 Å². The van der Waals surface area contributed by atoms with Crippen molar-refractivity contribution in [3.05, 3.63) is 33.8 Å². The molecule has 0 aromatic heterocycles. The van der Waals surface area contributed by atoms with E-state index in [2.05, 4.69) is 0 Å². The van der Waals surface area contributed by atoms with Crippen LogP contribution < -0.4 is 0 Å². The summed E-state index contributed by atoms with van der Waals surface area (Å²) in [7, 11) is 0. The van der Waals surface area contributed by atoms with E-state index in [-0.39, 0.29) is 13.0 Å². The predicted octanol–water partition coefficient (Wildman–Crippen LogP) is 2.79. The minimum Gasteiger partial charge on any atom is -0.378 e. The van der Waals surface area contributed by atoms with E-state index < -0.39 is 12.0 Å². The summed E-state index contributed by atoms with van der Waals surface area (Å²) in [6, 6.07) is 6.48. The lowest BCUT2D eigenvalue weighted by Gasteiger charge is -2.23. The number of aliphatic hydroxyl groups is 1. The molecule has 1 rings (SSSR count). The van der Waals surface area contributed by atoms with Crippen molar-refractivity contribution in [3.8, 4) is 6.07 Å². The molecule has 4 nitrogen and oxygen atoms in total. The number of carbonyl (C=O) groups excluding carboxylic acids is 1. The average molecular weight is 301 g/mol. The van der Waals surface area contributed by atoms with Crippen molar-refractivity contribution < 1.29 is 9.90 Å². The number of aliphatic hydroxyl groups excluding tert-OH is 1. The van der Waals surface area contributed by atoms with Gasteiger partial charge in [-0.2, -0.15) is 5.26 Å². The highest BCUT2D eigenvalue weighted by atomic mass is 35.5. The quantitative estimate of drug-likeness (QED) is 0.909. The van der Waals surface area contributed by atoms with Gasteiger partial charge in [-0.1, -0.05) is 23.2 Å². The Bertz CT molecular complexity index is 480. The number of hydrogen-bond acceptors (Lipinski definition) is 3. The third-order valence-electron chi connectivity index (χ3n) is 2.62. The summed E-state index contributed by atoms with van der Waals surface area (Å²) >= 11 is 11.7. The maximum atomic E-state index is 12.1. The summed E-state index contributed by atoms with van der Waals surface area (Å²) in [6.45, 7) is 2.50. The molecule has 0 fully saturated rings. The van der Waals surface area contributed by atoms with Crippen molar-refractivity contribution in [3.63, 3.8) is 0 Å². The number of benzene rings is 1. The molecular formula is C13H14Cl2N2O2. The number of rotatable bonds is 5. The van der Waals surface area contributed by atoms with Gasteiger partial charge in [0.25, 0.3) is 5.91 Å². The molecule has 1 atom stereocenters. The fraction of sp³-hybridized carbons (Fsp3) is 0.385. The zero-order chi connectivity index (χ0) is 14.4. The number of amides is 1. The second-order valence-corrected chi connectivity index (χ2v) is 4.80. The maximum absolute atomic E-state index is 12.1. The first kappa shape index (κ1) is 15.8. The Morgan fingerprint density at radius 1 is 1.42 bits per heavy atom. The molecule has 0 saturated heterocycles. The second-order valence-electron chi connectivity index (χ2n) is 3.93. The zero-order valence-corrected chi connectivity index (χ0v) is 11.9. The smallest absolute Gasteiger partial charge is 0.256 e. The van der Waals surface area contributed by atoms with Gasteiger partial charge in [0.1, 0.15) is 0 Å². The van der Waals surface area contributed by atoms with Crippen molar-refractivity contribution in [2.45, 2.75) is 19.4 Å². The Morgan fingerprint density at radius 3 is 2.47 bits per heavy atom. The third-order valence-corrected chi connectivity index (χ3v) is 3.06. The number of nitriles is 1. The minimum atomic E-state index is -1.32. The highest BCUT2D eigenvalue weighted by Gasteiger charge is 2.23. The van der Waals surface area contributed by atoms with Crippen LogP contribution in [0.1, 0.15) is 25.0 Å². The van der Waals surface area contributed by atoms with E-state index in [9.17, 15) is 9.90 Å². The van der Waals surface area contributed by atoms with Crippen molar-refractivity contribution in [2.24, 2.45) is 0 Å². The third kappa shape index (κ3) is 4.39. The van der Waals surface area contributed by atoms with Gasteiger partial charge >= 0.3 is 0 Å². The fourth-order valence-electron chi connectivity index (χ4n) is 1.66. The van der Waals surface area contributed by atoms with Crippen LogP contribution in [-0.2, 0) is 4.79 Å². The van der Waals surface area contributed by atoms with Crippen LogP contribution in [0, 0.1) is 11.3 Å². The van der Waals surface area contributed by atoms with Gasteiger partial charge in [-0.05, 0) is 30.7 Å². The lowest BCUT2D eigenvalue weighted by atomic mass is 10.1. The largest absolute Gasteiger partial charge is 0.378 e. The van der Waals surface area contributed by atoms with Crippen LogP contribution in [-0.4, -0.2) is 29.0 Å². The monoisotopic (exact) mass is 300 g/mol. The van der Waals surface area contributed by atoms with Crippen molar-refractivity contribution in [2.75, 3.05) is 13.1 Å². The Balaban J connectivity index is 2.88. The summed E-state index contributed by atoms with van der Waals surface area (Å²) in [5, 5.41) is 19.3. The van der Waals surface area contributed by atoms with E-state index in [0.717, 1.165) is 0 Å². The van der Waals surface area contributed by atoms with Crippen molar-refractivity contribution in [1.82, 2.24) is 4.90 Å². The Morgan fingerprint density at radius 2 is 2.00 bits per heavy atom. The lowest BCUT2D eigenvalue weighted by molar-refractivity contribution is -0.140. The summed E-state index contributed by atoms with van der Waals surface area (Å²) in [5.41, 5.74) is 0.345. The van der Waals surface area contributed by atoms with E-state index in [1.165, 1.54) is 23.1 Å². The molecular weight excluding hydrogens is 287 g/mol. The Kier molecular flexibility index (Phi) is 6.10. The van der Waals surface area contributed by atoms with E-state index in [1.807, 2.05) is 6.07 Å². The van der Waals surface area contributed by atoms with Gasteiger partial charge in [0, 0.05) is 23.1 Å². The van der Waals surface area contributed by atoms with Crippen LogP contribution in [0.5, 0.6) is 0 Å². The van der Waals surface area contributed by atoms with Gasteiger partial charge in [-0.25, -0.2) is 0 Å². The standard InChI is InChI=1S/C13H14Cl2N2O2/c1-2-17(5-3-4-16)13(19)12(18)9-6-10(14)8-11(15)7-9/h6-8,12,18H,2-3,5H2,1H3. The number of hydrogen-bond donors (Lipinski definition) is 1. The van der Waals surface area contributed by atoms with Crippen molar-refractivity contribution >= 4 is 29.1 Å². The van der Waals surface area contributed by atoms with Gasteiger partial charge in [0.05, 0.1) is 12.5 Å². The molecule has 1 amide bonds. The first-order valence-corrected chi connectivity index (χ1v) is 6.55.